The van der Waals surface area contributed by atoms with Gasteiger partial charge < -0.3 is 4.74 Å². The second kappa shape index (κ2) is 9.52. The van der Waals surface area contributed by atoms with E-state index in [0.29, 0.717) is 0 Å². The van der Waals surface area contributed by atoms with Gasteiger partial charge in [0.05, 0.1) is 0 Å². The molecular formula is C10H17O. The third-order valence-electron chi connectivity index (χ3n) is 1.65. The summed E-state index contributed by atoms with van der Waals surface area (Å²) in [6, 6.07) is 0. The summed E-state index contributed by atoms with van der Waals surface area (Å²) in [6.45, 7) is 0.886. The summed E-state index contributed by atoms with van der Waals surface area (Å²) in [7, 11) is 1.74. The molecule has 0 atom stereocenters. The fraction of sp³-hybridized carbons (Fsp3) is 0.800. The lowest BCUT2D eigenvalue weighted by Crippen LogP contribution is -1.87. The number of rotatable bonds is 7. The molecular weight excluding hydrogens is 136 g/mol. The van der Waals surface area contributed by atoms with Crippen molar-refractivity contribution in [2.75, 3.05) is 13.7 Å². The SMILES string of the molecule is [C]#CCCCCCCCOC. The summed E-state index contributed by atoms with van der Waals surface area (Å²) in [5.74, 6) is 2.40. The minimum atomic E-state index is 0.824. The molecule has 1 nitrogen and oxygen atoms in total. The minimum absolute atomic E-state index is 0.824. The highest BCUT2D eigenvalue weighted by molar-refractivity contribution is 4.74. The highest BCUT2D eigenvalue weighted by Crippen LogP contribution is 2.04. The predicted octanol–water partition coefficient (Wildman–Crippen LogP) is 2.56. The van der Waals surface area contributed by atoms with E-state index in [-0.39, 0.29) is 0 Å². The summed E-state index contributed by atoms with van der Waals surface area (Å²) in [5.41, 5.74) is 0. The average molecular weight is 153 g/mol. The average Bonchev–Trinajstić information content (AvgIpc) is 2.03. The first-order valence-corrected chi connectivity index (χ1v) is 4.30. The molecule has 0 aromatic heterocycles. The van der Waals surface area contributed by atoms with E-state index >= 15 is 0 Å². The molecule has 0 bridgehead atoms. The molecule has 0 aromatic rings. The molecule has 0 aliphatic heterocycles. The van der Waals surface area contributed by atoms with Crippen LogP contribution in [0.2, 0.25) is 0 Å². The van der Waals surface area contributed by atoms with Crippen LogP contribution in [-0.2, 0) is 4.74 Å². The van der Waals surface area contributed by atoms with Crippen LogP contribution in [0.4, 0.5) is 0 Å². The van der Waals surface area contributed by atoms with Crippen LogP contribution in [0, 0.1) is 12.3 Å². The van der Waals surface area contributed by atoms with E-state index in [0.717, 1.165) is 19.4 Å². The molecule has 0 aliphatic carbocycles. The zero-order valence-electron chi connectivity index (χ0n) is 7.36. The summed E-state index contributed by atoms with van der Waals surface area (Å²) >= 11 is 0. The highest BCUT2D eigenvalue weighted by atomic mass is 16.5. The van der Waals surface area contributed by atoms with Crippen LogP contribution in [0.25, 0.3) is 0 Å². The van der Waals surface area contributed by atoms with Crippen LogP contribution in [0.1, 0.15) is 38.5 Å². The van der Waals surface area contributed by atoms with Crippen molar-refractivity contribution in [3.05, 3.63) is 6.42 Å². The topological polar surface area (TPSA) is 9.23 Å². The van der Waals surface area contributed by atoms with Gasteiger partial charge in [-0.3, -0.25) is 0 Å². The first-order valence-electron chi connectivity index (χ1n) is 4.30. The van der Waals surface area contributed by atoms with Crippen molar-refractivity contribution in [1.29, 1.82) is 0 Å². The number of unbranched alkanes of at least 4 members (excludes halogenated alkanes) is 5. The zero-order chi connectivity index (χ0) is 8.36. The third kappa shape index (κ3) is 9.52. The van der Waals surface area contributed by atoms with E-state index in [2.05, 4.69) is 5.92 Å². The van der Waals surface area contributed by atoms with Gasteiger partial charge in [0.15, 0.2) is 0 Å². The van der Waals surface area contributed by atoms with E-state index in [1.54, 1.807) is 7.11 Å². The van der Waals surface area contributed by atoms with E-state index in [1.165, 1.54) is 25.7 Å². The van der Waals surface area contributed by atoms with Gasteiger partial charge >= 0.3 is 0 Å². The molecule has 1 radical (unpaired) electrons. The molecule has 0 aliphatic rings. The molecule has 63 valence electrons. The van der Waals surface area contributed by atoms with Gasteiger partial charge in [-0.05, 0) is 19.3 Å². The fourth-order valence-corrected chi connectivity index (χ4v) is 0.990. The van der Waals surface area contributed by atoms with Crippen molar-refractivity contribution in [3.63, 3.8) is 0 Å². The molecule has 0 aromatic carbocycles. The van der Waals surface area contributed by atoms with E-state index < -0.39 is 0 Å². The molecule has 0 saturated carbocycles. The van der Waals surface area contributed by atoms with Gasteiger partial charge in [0, 0.05) is 20.1 Å². The fourth-order valence-electron chi connectivity index (χ4n) is 0.990. The van der Waals surface area contributed by atoms with Crippen LogP contribution in [-0.4, -0.2) is 13.7 Å². The van der Waals surface area contributed by atoms with Crippen LogP contribution in [0.15, 0.2) is 0 Å². The summed E-state index contributed by atoms with van der Waals surface area (Å²) < 4.78 is 4.93. The van der Waals surface area contributed by atoms with Gasteiger partial charge in [0.25, 0.3) is 0 Å². The second-order valence-corrected chi connectivity index (χ2v) is 2.69. The van der Waals surface area contributed by atoms with Crippen molar-refractivity contribution < 1.29 is 4.74 Å². The quantitative estimate of drug-likeness (QED) is 0.403. The molecule has 0 amide bonds. The van der Waals surface area contributed by atoms with Crippen LogP contribution >= 0.6 is 0 Å². The van der Waals surface area contributed by atoms with Crippen LogP contribution < -0.4 is 0 Å². The van der Waals surface area contributed by atoms with Crippen molar-refractivity contribution >= 4 is 0 Å². The molecule has 0 fully saturated rings. The third-order valence-corrected chi connectivity index (χ3v) is 1.65. The van der Waals surface area contributed by atoms with Gasteiger partial charge in [-0.15, -0.1) is 0 Å². The van der Waals surface area contributed by atoms with E-state index in [4.69, 9.17) is 11.2 Å². The van der Waals surface area contributed by atoms with Crippen molar-refractivity contribution in [3.8, 4) is 5.92 Å². The monoisotopic (exact) mass is 153 g/mol. The molecule has 0 spiro atoms. The lowest BCUT2D eigenvalue weighted by atomic mass is 10.1. The molecule has 0 N–H and O–H groups in total. The predicted molar refractivity (Wildman–Crippen MR) is 46.7 cm³/mol. The van der Waals surface area contributed by atoms with Gasteiger partial charge in [-0.1, -0.05) is 25.2 Å². The normalized spacial score (nSPS) is 9.45. The Morgan fingerprint density at radius 1 is 1.09 bits per heavy atom. The first kappa shape index (κ1) is 10.5. The number of ether oxygens (including phenoxy) is 1. The maximum atomic E-state index is 6.68. The van der Waals surface area contributed by atoms with Crippen molar-refractivity contribution in [1.82, 2.24) is 0 Å². The van der Waals surface area contributed by atoms with Gasteiger partial charge in [0.2, 0.25) is 0 Å². The lowest BCUT2D eigenvalue weighted by Gasteiger charge is -1.98. The Morgan fingerprint density at radius 3 is 2.36 bits per heavy atom. The standard InChI is InChI=1S/C10H17O/c1-3-4-5-6-7-8-9-10-11-2/h4-10H2,2H3. The van der Waals surface area contributed by atoms with E-state index in [1.807, 2.05) is 0 Å². The van der Waals surface area contributed by atoms with Crippen molar-refractivity contribution in [2.45, 2.75) is 38.5 Å². The Balaban J connectivity index is 2.75. The summed E-state index contributed by atoms with van der Waals surface area (Å²) in [6.07, 6.45) is 13.6. The van der Waals surface area contributed by atoms with Gasteiger partial charge in [0.1, 0.15) is 0 Å². The number of hydrogen-bond acceptors (Lipinski definition) is 1. The molecule has 1 heteroatoms. The van der Waals surface area contributed by atoms with E-state index in [9.17, 15) is 0 Å². The van der Waals surface area contributed by atoms with Gasteiger partial charge in [-0.25, -0.2) is 0 Å². The molecule has 0 rings (SSSR count). The summed E-state index contributed by atoms with van der Waals surface area (Å²) in [5, 5.41) is 0. The zero-order valence-corrected chi connectivity index (χ0v) is 7.36. The Bertz CT molecular complexity index is 102. The van der Waals surface area contributed by atoms with Crippen LogP contribution in [0.5, 0.6) is 0 Å². The molecule has 0 saturated heterocycles. The minimum Gasteiger partial charge on any atom is -0.385 e. The molecule has 11 heavy (non-hydrogen) atoms. The lowest BCUT2D eigenvalue weighted by molar-refractivity contribution is 0.192. The highest BCUT2D eigenvalue weighted by Gasteiger charge is 1.88. The van der Waals surface area contributed by atoms with Crippen molar-refractivity contribution in [2.24, 2.45) is 0 Å². The second-order valence-electron chi connectivity index (χ2n) is 2.69. The molecule has 0 heterocycles. The first-order chi connectivity index (χ1) is 5.41. The Hall–Kier alpha value is -0.480. The largest absolute Gasteiger partial charge is 0.385 e. The summed E-state index contributed by atoms with van der Waals surface area (Å²) in [4.78, 5) is 0. The number of hydrogen-bond donors (Lipinski definition) is 0. The van der Waals surface area contributed by atoms with Crippen LogP contribution in [0.3, 0.4) is 0 Å². The Morgan fingerprint density at radius 2 is 1.73 bits per heavy atom. The maximum Gasteiger partial charge on any atom is 0.0462 e. The Labute approximate surface area is 70.1 Å². The number of methoxy groups -OCH3 is 1. The Kier molecular flexibility index (Phi) is 9.10. The smallest absolute Gasteiger partial charge is 0.0462 e. The molecule has 0 unspecified atom stereocenters. The maximum absolute atomic E-state index is 6.68. The van der Waals surface area contributed by atoms with Gasteiger partial charge in [-0.2, -0.15) is 0 Å².